The predicted molar refractivity (Wildman–Crippen MR) is 95.0 cm³/mol. The summed E-state index contributed by atoms with van der Waals surface area (Å²) in [7, 11) is 0. The van der Waals surface area contributed by atoms with Gasteiger partial charge < -0.3 is 5.32 Å². The van der Waals surface area contributed by atoms with E-state index in [-0.39, 0.29) is 6.04 Å². The van der Waals surface area contributed by atoms with Crippen molar-refractivity contribution in [1.29, 1.82) is 5.26 Å². The lowest BCUT2D eigenvalue weighted by Gasteiger charge is -2.15. The highest BCUT2D eigenvalue weighted by Crippen LogP contribution is 2.22. The molecular formula is C20H21N3O2. The number of Topliss-reactive ketones (excluding diaryl/α,β-unsaturated/α-hetero) is 1. The van der Waals surface area contributed by atoms with Gasteiger partial charge >= 0.3 is 0 Å². The summed E-state index contributed by atoms with van der Waals surface area (Å²) < 4.78 is 0. The molecule has 1 aliphatic rings. The Kier molecular flexibility index (Phi) is 4.80. The predicted octanol–water partition coefficient (Wildman–Crippen LogP) is 3.23. The van der Waals surface area contributed by atoms with Crippen molar-refractivity contribution in [3.05, 3.63) is 41.1 Å². The average Bonchev–Trinajstić information content (AvgIpc) is 3.07. The van der Waals surface area contributed by atoms with Crippen LogP contribution in [0.3, 0.4) is 0 Å². The van der Waals surface area contributed by atoms with Gasteiger partial charge in [-0.15, -0.1) is 0 Å². The maximum Gasteiger partial charge on any atom is 0.245 e. The van der Waals surface area contributed by atoms with E-state index in [4.69, 9.17) is 0 Å². The van der Waals surface area contributed by atoms with Crippen LogP contribution in [-0.4, -0.2) is 22.7 Å². The van der Waals surface area contributed by atoms with E-state index in [1.165, 1.54) is 0 Å². The lowest BCUT2D eigenvalue weighted by molar-refractivity contribution is -0.122. The molecule has 0 spiro atoms. The first-order valence-corrected chi connectivity index (χ1v) is 8.62. The van der Waals surface area contributed by atoms with Gasteiger partial charge in [-0.05, 0) is 44.4 Å². The second-order valence-electron chi connectivity index (χ2n) is 6.73. The number of carbonyl (C=O) groups is 2. The van der Waals surface area contributed by atoms with Gasteiger partial charge in [0, 0.05) is 22.7 Å². The third-order valence-electron chi connectivity index (χ3n) is 4.78. The molecule has 0 saturated heterocycles. The van der Waals surface area contributed by atoms with Crippen molar-refractivity contribution in [2.75, 3.05) is 0 Å². The van der Waals surface area contributed by atoms with Crippen LogP contribution in [0.25, 0.3) is 10.9 Å². The van der Waals surface area contributed by atoms with Crippen molar-refractivity contribution in [2.24, 2.45) is 5.92 Å². The van der Waals surface area contributed by atoms with Crippen LogP contribution >= 0.6 is 0 Å². The zero-order chi connectivity index (χ0) is 18.0. The Morgan fingerprint density at radius 2 is 1.96 bits per heavy atom. The van der Waals surface area contributed by atoms with Gasteiger partial charge in [-0.3, -0.25) is 14.6 Å². The van der Waals surface area contributed by atoms with Crippen molar-refractivity contribution in [1.82, 2.24) is 10.3 Å². The Bertz CT molecular complexity index is 876. The molecule has 1 aliphatic carbocycles. The summed E-state index contributed by atoms with van der Waals surface area (Å²) in [4.78, 5) is 29.7. The molecule has 1 fully saturated rings. The summed E-state index contributed by atoms with van der Waals surface area (Å²) in [5, 5.41) is 13.1. The summed E-state index contributed by atoms with van der Waals surface area (Å²) >= 11 is 0. The van der Waals surface area contributed by atoms with Crippen LogP contribution in [0.2, 0.25) is 0 Å². The van der Waals surface area contributed by atoms with E-state index in [1.807, 2.05) is 31.2 Å². The largest absolute Gasteiger partial charge is 0.352 e. The van der Waals surface area contributed by atoms with Crippen molar-refractivity contribution >= 4 is 22.6 Å². The molecule has 0 bridgehead atoms. The number of nitriles is 1. The van der Waals surface area contributed by atoms with E-state index in [9.17, 15) is 14.9 Å². The lowest BCUT2D eigenvalue weighted by atomic mass is 9.95. The van der Waals surface area contributed by atoms with Crippen LogP contribution in [0.4, 0.5) is 0 Å². The molecule has 1 saturated carbocycles. The van der Waals surface area contributed by atoms with Gasteiger partial charge in [0.15, 0.2) is 11.7 Å². The summed E-state index contributed by atoms with van der Waals surface area (Å²) in [6.07, 6.45) is 3.97. The molecule has 1 heterocycles. The second kappa shape index (κ2) is 7.02. The highest BCUT2D eigenvalue weighted by molar-refractivity contribution is 6.13. The summed E-state index contributed by atoms with van der Waals surface area (Å²) in [5.74, 6) is -2.31. The van der Waals surface area contributed by atoms with Gasteiger partial charge in [0.05, 0.1) is 11.6 Å². The summed E-state index contributed by atoms with van der Waals surface area (Å²) in [6, 6.07) is 9.47. The van der Waals surface area contributed by atoms with Crippen LogP contribution < -0.4 is 5.32 Å². The number of carbonyl (C=O) groups excluding carboxylic acids is 2. The number of nitrogens with one attached hydrogen (secondary N) is 1. The van der Waals surface area contributed by atoms with E-state index in [0.717, 1.165) is 42.1 Å². The SMILES string of the molecule is Cc1ccc2cc(C(=O)[C@@H](C#N)C(=O)NC3CCCC3)c(C)nc2c1. The fraction of sp³-hybridized carbons (Fsp3) is 0.400. The van der Waals surface area contributed by atoms with Crippen LogP contribution in [-0.2, 0) is 4.79 Å². The summed E-state index contributed by atoms with van der Waals surface area (Å²) in [6.45, 7) is 3.72. The van der Waals surface area contributed by atoms with E-state index >= 15 is 0 Å². The number of rotatable bonds is 4. The maximum absolute atomic E-state index is 12.8. The molecule has 128 valence electrons. The minimum atomic E-state index is -1.33. The molecule has 2 aromatic rings. The zero-order valence-electron chi connectivity index (χ0n) is 14.5. The van der Waals surface area contributed by atoms with E-state index in [0.29, 0.717) is 11.3 Å². The highest BCUT2D eigenvalue weighted by Gasteiger charge is 2.31. The molecule has 0 radical (unpaired) electrons. The number of hydrogen-bond donors (Lipinski definition) is 1. The first-order valence-electron chi connectivity index (χ1n) is 8.62. The number of nitrogens with zero attached hydrogens (tertiary/aromatic N) is 2. The summed E-state index contributed by atoms with van der Waals surface area (Å²) in [5.41, 5.74) is 2.77. The number of amides is 1. The van der Waals surface area contributed by atoms with Crippen molar-refractivity contribution in [2.45, 2.75) is 45.6 Å². The fourth-order valence-electron chi connectivity index (χ4n) is 3.37. The molecule has 1 aromatic carbocycles. The third kappa shape index (κ3) is 3.53. The number of pyridine rings is 1. The van der Waals surface area contributed by atoms with Gasteiger partial charge in [0.1, 0.15) is 0 Å². The first kappa shape index (κ1) is 17.1. The Morgan fingerprint density at radius 3 is 2.64 bits per heavy atom. The zero-order valence-corrected chi connectivity index (χ0v) is 14.5. The van der Waals surface area contributed by atoms with Gasteiger partial charge in [0.25, 0.3) is 0 Å². The van der Waals surface area contributed by atoms with Gasteiger partial charge in [-0.1, -0.05) is 25.0 Å². The molecule has 1 N–H and O–H groups in total. The second-order valence-corrected chi connectivity index (χ2v) is 6.73. The number of fused-ring (bicyclic) bond motifs is 1. The van der Waals surface area contributed by atoms with Crippen LogP contribution in [0.1, 0.15) is 47.3 Å². The number of aryl methyl sites for hydroxylation is 2. The number of aromatic nitrogens is 1. The molecule has 1 amide bonds. The average molecular weight is 335 g/mol. The molecule has 5 nitrogen and oxygen atoms in total. The molecule has 0 unspecified atom stereocenters. The quantitative estimate of drug-likeness (QED) is 0.687. The van der Waals surface area contributed by atoms with E-state index in [1.54, 1.807) is 13.0 Å². The smallest absolute Gasteiger partial charge is 0.245 e. The molecule has 5 heteroatoms. The molecule has 0 aliphatic heterocycles. The van der Waals surface area contributed by atoms with Crippen LogP contribution in [0, 0.1) is 31.1 Å². The van der Waals surface area contributed by atoms with Crippen LogP contribution in [0.5, 0.6) is 0 Å². The monoisotopic (exact) mass is 335 g/mol. The van der Waals surface area contributed by atoms with Gasteiger partial charge in [0.2, 0.25) is 5.91 Å². The minimum absolute atomic E-state index is 0.0787. The normalized spacial score (nSPS) is 15.7. The number of benzene rings is 1. The van der Waals surface area contributed by atoms with Crippen molar-refractivity contribution in [3.8, 4) is 6.07 Å². The number of hydrogen-bond acceptors (Lipinski definition) is 4. The fourth-order valence-corrected chi connectivity index (χ4v) is 3.37. The van der Waals surface area contributed by atoms with E-state index < -0.39 is 17.6 Å². The Hall–Kier alpha value is -2.74. The Morgan fingerprint density at radius 1 is 1.24 bits per heavy atom. The lowest BCUT2D eigenvalue weighted by Crippen LogP contribution is -2.40. The maximum atomic E-state index is 12.8. The Labute approximate surface area is 147 Å². The topological polar surface area (TPSA) is 82.8 Å². The molecule has 1 atom stereocenters. The van der Waals surface area contributed by atoms with Crippen molar-refractivity contribution in [3.63, 3.8) is 0 Å². The molecule has 3 rings (SSSR count). The van der Waals surface area contributed by atoms with Gasteiger partial charge in [-0.2, -0.15) is 5.26 Å². The highest BCUT2D eigenvalue weighted by atomic mass is 16.2. The van der Waals surface area contributed by atoms with Crippen LogP contribution in [0.15, 0.2) is 24.3 Å². The molecule has 25 heavy (non-hydrogen) atoms. The minimum Gasteiger partial charge on any atom is -0.352 e. The van der Waals surface area contributed by atoms with E-state index in [2.05, 4.69) is 10.3 Å². The number of ketones is 1. The van der Waals surface area contributed by atoms with Gasteiger partial charge in [-0.25, -0.2) is 0 Å². The molecular weight excluding hydrogens is 314 g/mol. The third-order valence-corrected chi connectivity index (χ3v) is 4.78. The molecule has 1 aromatic heterocycles. The standard InChI is InChI=1S/C20H21N3O2/c1-12-7-8-14-10-16(13(2)22-18(14)9-12)19(24)17(11-21)20(25)23-15-5-3-4-6-15/h7-10,15,17H,3-6H2,1-2H3,(H,23,25)/t17-/m1/s1. The van der Waals surface area contributed by atoms with Crippen molar-refractivity contribution < 1.29 is 9.59 Å². The first-order chi connectivity index (χ1) is 12.0. The Balaban J connectivity index is 1.88.